The number of rotatable bonds is 4. The van der Waals surface area contributed by atoms with Gasteiger partial charge in [0, 0.05) is 6.61 Å². The highest BCUT2D eigenvalue weighted by Crippen LogP contribution is 2.43. The average Bonchev–Trinajstić information content (AvgIpc) is 1.99. The van der Waals surface area contributed by atoms with Crippen LogP contribution in [0, 0.1) is 23.2 Å². The molecule has 0 heterocycles. The summed E-state index contributed by atoms with van der Waals surface area (Å²) in [6.07, 6.45) is 6.46. The van der Waals surface area contributed by atoms with Gasteiger partial charge in [0.1, 0.15) is 0 Å². The van der Waals surface area contributed by atoms with E-state index < -0.39 is 0 Å². The summed E-state index contributed by atoms with van der Waals surface area (Å²) in [7, 11) is 0. The molecule has 0 amide bonds. The summed E-state index contributed by atoms with van der Waals surface area (Å²) >= 11 is 0. The number of aliphatic hydroxyl groups is 1. The number of hydrogen-bond acceptors (Lipinski definition) is 1. The van der Waals surface area contributed by atoms with Crippen molar-refractivity contribution in [2.24, 2.45) is 23.2 Å². The van der Waals surface area contributed by atoms with Crippen molar-refractivity contribution in [3.05, 3.63) is 0 Å². The normalized spacial score (nSPS) is 32.6. The van der Waals surface area contributed by atoms with Crippen molar-refractivity contribution in [1.82, 2.24) is 0 Å². The van der Waals surface area contributed by atoms with Gasteiger partial charge in [-0.25, -0.2) is 0 Å². The van der Waals surface area contributed by atoms with Crippen LogP contribution in [-0.2, 0) is 0 Å². The van der Waals surface area contributed by atoms with Crippen LogP contribution in [0.5, 0.6) is 0 Å². The van der Waals surface area contributed by atoms with E-state index in [1.807, 2.05) is 0 Å². The monoisotopic (exact) mass is 212 g/mol. The van der Waals surface area contributed by atoms with Gasteiger partial charge in [-0.2, -0.15) is 0 Å². The summed E-state index contributed by atoms with van der Waals surface area (Å²) < 4.78 is 0. The van der Waals surface area contributed by atoms with E-state index in [-0.39, 0.29) is 0 Å². The Bertz CT molecular complexity index is 186. The maximum Gasteiger partial charge on any atom is 0.0433 e. The summed E-state index contributed by atoms with van der Waals surface area (Å²) in [6, 6.07) is 0. The van der Waals surface area contributed by atoms with E-state index in [1.54, 1.807) is 0 Å². The Morgan fingerprint density at radius 1 is 1.33 bits per heavy atom. The molecule has 0 aromatic heterocycles. The average molecular weight is 212 g/mol. The summed E-state index contributed by atoms with van der Waals surface area (Å²) in [5.41, 5.74) is 0.543. The topological polar surface area (TPSA) is 20.2 Å². The molecule has 1 fully saturated rings. The summed E-state index contributed by atoms with van der Waals surface area (Å²) in [5.74, 6) is 2.48. The first kappa shape index (κ1) is 13.0. The minimum atomic E-state index is 0.354. The van der Waals surface area contributed by atoms with Crippen LogP contribution in [0.25, 0.3) is 0 Å². The molecule has 1 aliphatic rings. The number of hydrogen-bond donors (Lipinski definition) is 1. The Kier molecular flexibility index (Phi) is 4.64. The standard InChI is InChI=1S/C14H28O/c1-11(5-6-15)7-13-8-12(2)9-14(3,4)10-13/h11-13,15H,5-10H2,1-4H3. The molecule has 1 nitrogen and oxygen atoms in total. The van der Waals surface area contributed by atoms with Gasteiger partial charge < -0.3 is 5.11 Å². The van der Waals surface area contributed by atoms with Gasteiger partial charge in [0.15, 0.2) is 0 Å². The largest absolute Gasteiger partial charge is 0.396 e. The molecule has 15 heavy (non-hydrogen) atoms. The zero-order valence-electron chi connectivity index (χ0n) is 10.9. The fraction of sp³-hybridized carbons (Fsp3) is 1.00. The molecule has 0 aromatic carbocycles. The SMILES string of the molecule is CC(CCO)CC1CC(C)CC(C)(C)C1. The molecule has 0 spiro atoms. The molecule has 3 atom stereocenters. The van der Waals surface area contributed by atoms with Crippen molar-refractivity contribution in [2.45, 2.75) is 59.8 Å². The lowest BCUT2D eigenvalue weighted by atomic mass is 9.66. The van der Waals surface area contributed by atoms with Crippen molar-refractivity contribution < 1.29 is 5.11 Å². The van der Waals surface area contributed by atoms with E-state index in [1.165, 1.54) is 25.7 Å². The molecular formula is C14H28O. The molecule has 0 bridgehead atoms. The molecule has 0 radical (unpaired) electrons. The fourth-order valence-corrected chi connectivity index (χ4v) is 3.63. The molecule has 0 saturated heterocycles. The van der Waals surface area contributed by atoms with Gasteiger partial charge in [0.05, 0.1) is 0 Å². The maximum atomic E-state index is 8.92. The predicted molar refractivity (Wildman–Crippen MR) is 65.8 cm³/mol. The Balaban J connectivity index is 2.41. The van der Waals surface area contributed by atoms with Crippen molar-refractivity contribution >= 4 is 0 Å². The van der Waals surface area contributed by atoms with E-state index in [9.17, 15) is 0 Å². The van der Waals surface area contributed by atoms with Crippen LogP contribution < -0.4 is 0 Å². The summed E-state index contributed by atoms with van der Waals surface area (Å²) in [5, 5.41) is 8.92. The van der Waals surface area contributed by atoms with Gasteiger partial charge in [-0.05, 0) is 55.3 Å². The molecule has 0 aliphatic heterocycles. The minimum absolute atomic E-state index is 0.354. The third-order valence-electron chi connectivity index (χ3n) is 3.84. The lowest BCUT2D eigenvalue weighted by Crippen LogP contribution is -2.28. The van der Waals surface area contributed by atoms with Crippen molar-refractivity contribution in [3.63, 3.8) is 0 Å². The van der Waals surface area contributed by atoms with E-state index in [4.69, 9.17) is 5.11 Å². The second-order valence-corrected chi connectivity index (χ2v) is 6.63. The van der Waals surface area contributed by atoms with Crippen LogP contribution in [0.1, 0.15) is 59.8 Å². The maximum absolute atomic E-state index is 8.92. The first-order valence-electron chi connectivity index (χ1n) is 6.54. The molecule has 1 aliphatic carbocycles. The van der Waals surface area contributed by atoms with Crippen LogP contribution in [0.4, 0.5) is 0 Å². The molecule has 1 saturated carbocycles. The first-order valence-corrected chi connectivity index (χ1v) is 6.54. The smallest absolute Gasteiger partial charge is 0.0433 e. The Morgan fingerprint density at radius 3 is 2.53 bits per heavy atom. The lowest BCUT2D eigenvalue weighted by Gasteiger charge is -2.40. The molecule has 90 valence electrons. The molecule has 3 unspecified atom stereocenters. The highest BCUT2D eigenvalue weighted by molar-refractivity contribution is 4.83. The Hall–Kier alpha value is -0.0400. The van der Waals surface area contributed by atoms with Crippen LogP contribution in [0.2, 0.25) is 0 Å². The Morgan fingerprint density at radius 2 is 2.00 bits per heavy atom. The molecule has 1 N–H and O–H groups in total. The first-order chi connectivity index (χ1) is 6.93. The van der Waals surface area contributed by atoms with Gasteiger partial charge in [0.25, 0.3) is 0 Å². The minimum Gasteiger partial charge on any atom is -0.396 e. The van der Waals surface area contributed by atoms with E-state index in [0.717, 1.165) is 18.3 Å². The highest BCUT2D eigenvalue weighted by Gasteiger charge is 2.32. The van der Waals surface area contributed by atoms with Gasteiger partial charge in [-0.1, -0.05) is 27.7 Å². The zero-order chi connectivity index (χ0) is 11.5. The lowest BCUT2D eigenvalue weighted by molar-refractivity contribution is 0.113. The van der Waals surface area contributed by atoms with Crippen molar-refractivity contribution in [1.29, 1.82) is 0 Å². The van der Waals surface area contributed by atoms with E-state index >= 15 is 0 Å². The van der Waals surface area contributed by atoms with Gasteiger partial charge >= 0.3 is 0 Å². The fourth-order valence-electron chi connectivity index (χ4n) is 3.63. The molecule has 0 aromatic rings. The molecular weight excluding hydrogens is 184 g/mol. The van der Waals surface area contributed by atoms with Gasteiger partial charge in [-0.15, -0.1) is 0 Å². The van der Waals surface area contributed by atoms with E-state index in [2.05, 4.69) is 27.7 Å². The molecule has 1 heteroatoms. The second-order valence-electron chi connectivity index (χ2n) is 6.63. The van der Waals surface area contributed by atoms with Gasteiger partial charge in [-0.3, -0.25) is 0 Å². The van der Waals surface area contributed by atoms with Crippen molar-refractivity contribution in [2.75, 3.05) is 6.61 Å². The Labute approximate surface area is 95.3 Å². The quantitative estimate of drug-likeness (QED) is 0.750. The predicted octanol–water partition coefficient (Wildman–Crippen LogP) is 3.86. The van der Waals surface area contributed by atoms with Crippen LogP contribution in [-0.4, -0.2) is 11.7 Å². The second kappa shape index (κ2) is 5.34. The van der Waals surface area contributed by atoms with Crippen LogP contribution in [0.15, 0.2) is 0 Å². The molecule has 1 rings (SSSR count). The van der Waals surface area contributed by atoms with E-state index in [0.29, 0.717) is 17.9 Å². The van der Waals surface area contributed by atoms with Crippen LogP contribution in [0.3, 0.4) is 0 Å². The van der Waals surface area contributed by atoms with Crippen molar-refractivity contribution in [3.8, 4) is 0 Å². The summed E-state index contributed by atoms with van der Waals surface area (Å²) in [4.78, 5) is 0. The highest BCUT2D eigenvalue weighted by atomic mass is 16.3. The number of aliphatic hydroxyl groups excluding tert-OH is 1. The zero-order valence-corrected chi connectivity index (χ0v) is 10.9. The summed E-state index contributed by atoms with van der Waals surface area (Å²) in [6.45, 7) is 9.85. The third-order valence-corrected chi connectivity index (χ3v) is 3.84. The van der Waals surface area contributed by atoms with Gasteiger partial charge in [0.2, 0.25) is 0 Å². The van der Waals surface area contributed by atoms with Crippen LogP contribution >= 0.6 is 0 Å². The third kappa shape index (κ3) is 4.55.